The highest BCUT2D eigenvalue weighted by atomic mass is 16.6. The van der Waals surface area contributed by atoms with Crippen molar-refractivity contribution in [1.82, 2.24) is 10.9 Å². The summed E-state index contributed by atoms with van der Waals surface area (Å²) in [6, 6.07) is 15.0. The van der Waals surface area contributed by atoms with Crippen molar-refractivity contribution in [3.63, 3.8) is 0 Å². The van der Waals surface area contributed by atoms with Crippen molar-refractivity contribution < 1.29 is 14.4 Å². The maximum atomic E-state index is 12.2. The molecule has 0 aromatic heterocycles. The molecule has 1 amide bonds. The third-order valence-electron chi connectivity index (χ3n) is 3.29. The van der Waals surface area contributed by atoms with E-state index in [1.54, 1.807) is 12.1 Å². The van der Waals surface area contributed by atoms with E-state index in [4.69, 9.17) is 9.57 Å². The van der Waals surface area contributed by atoms with E-state index in [-0.39, 0.29) is 12.4 Å². The number of hydrogen-bond donors (Lipinski definition) is 2. The molecule has 0 spiro atoms. The number of benzene rings is 2. The van der Waals surface area contributed by atoms with Gasteiger partial charge in [0.25, 0.3) is 5.91 Å². The molecule has 0 aliphatic rings. The minimum absolute atomic E-state index is 0.130. The van der Waals surface area contributed by atoms with Crippen LogP contribution in [0.15, 0.2) is 53.7 Å². The number of rotatable bonds is 7. The fourth-order valence-electron chi connectivity index (χ4n) is 2.06. The third kappa shape index (κ3) is 4.82. The Bertz CT molecular complexity index is 715. The molecular weight excluding hydrogens is 306 g/mol. The Kier molecular flexibility index (Phi) is 6.33. The van der Waals surface area contributed by atoms with Crippen molar-refractivity contribution >= 4 is 11.6 Å². The lowest BCUT2D eigenvalue weighted by Gasteiger charge is -2.12. The molecule has 2 aromatic rings. The quantitative estimate of drug-likeness (QED) is 0.354. The number of aryl methyl sites for hydroxylation is 2. The van der Waals surface area contributed by atoms with E-state index in [1.807, 2.05) is 50.2 Å². The summed E-state index contributed by atoms with van der Waals surface area (Å²) in [5.41, 5.74) is 8.25. The van der Waals surface area contributed by atoms with Crippen LogP contribution >= 0.6 is 0 Å². The van der Waals surface area contributed by atoms with Crippen LogP contribution in [0.25, 0.3) is 0 Å². The average Bonchev–Trinajstić information content (AvgIpc) is 2.60. The number of oxime groups is 1. The summed E-state index contributed by atoms with van der Waals surface area (Å²) in [5, 5.41) is 3.78. The minimum atomic E-state index is -0.410. The molecule has 0 atom stereocenters. The maximum absolute atomic E-state index is 12.2. The zero-order valence-electron chi connectivity index (χ0n) is 14.0. The fraction of sp³-hybridized carbons (Fsp3) is 0.222. The van der Waals surface area contributed by atoms with Gasteiger partial charge in [-0.05, 0) is 31.0 Å². The summed E-state index contributed by atoms with van der Waals surface area (Å²) >= 11 is 0. The van der Waals surface area contributed by atoms with Gasteiger partial charge in [0.15, 0.2) is 12.4 Å². The van der Waals surface area contributed by atoms with Crippen molar-refractivity contribution in [3.8, 4) is 5.75 Å². The predicted molar refractivity (Wildman–Crippen MR) is 92.7 cm³/mol. The summed E-state index contributed by atoms with van der Waals surface area (Å²) in [6.45, 7) is 4.09. The number of ether oxygens (including phenoxy) is 1. The highest BCUT2D eigenvalue weighted by Gasteiger charge is 2.14. The Hall–Kier alpha value is -2.86. The highest BCUT2D eigenvalue weighted by molar-refractivity contribution is 6.45. The number of carbonyl (C=O) groups excluding carboxylic acids is 1. The molecule has 0 heterocycles. The Labute approximate surface area is 141 Å². The first-order chi connectivity index (χ1) is 11.6. The van der Waals surface area contributed by atoms with Crippen LogP contribution in [-0.4, -0.2) is 25.5 Å². The van der Waals surface area contributed by atoms with E-state index in [2.05, 4.69) is 16.0 Å². The van der Waals surface area contributed by atoms with Gasteiger partial charge in [-0.2, -0.15) is 5.43 Å². The Morgan fingerprint density at radius 2 is 1.88 bits per heavy atom. The maximum Gasteiger partial charge on any atom is 0.288 e. The molecule has 0 radical (unpaired) electrons. The van der Waals surface area contributed by atoms with Crippen LogP contribution in [0.5, 0.6) is 5.75 Å². The van der Waals surface area contributed by atoms with Gasteiger partial charge in [0.1, 0.15) is 12.9 Å². The number of hydrazine groups is 1. The van der Waals surface area contributed by atoms with Crippen LogP contribution in [0.1, 0.15) is 16.7 Å². The first-order valence-electron chi connectivity index (χ1n) is 7.51. The van der Waals surface area contributed by atoms with Crippen molar-refractivity contribution in [2.75, 3.05) is 13.8 Å². The van der Waals surface area contributed by atoms with Gasteiger partial charge in [-0.15, -0.1) is 0 Å². The van der Waals surface area contributed by atoms with E-state index in [1.165, 1.54) is 7.11 Å². The van der Waals surface area contributed by atoms with E-state index >= 15 is 0 Å². The normalized spacial score (nSPS) is 11.0. The molecule has 0 aliphatic heterocycles. The van der Waals surface area contributed by atoms with Gasteiger partial charge in [0.2, 0.25) is 0 Å². The van der Waals surface area contributed by atoms with Gasteiger partial charge < -0.3 is 9.57 Å². The van der Waals surface area contributed by atoms with Crippen molar-refractivity contribution in [2.45, 2.75) is 13.8 Å². The van der Waals surface area contributed by atoms with Crippen LogP contribution in [0.2, 0.25) is 0 Å². The van der Waals surface area contributed by atoms with Gasteiger partial charge in [0, 0.05) is 5.56 Å². The first kappa shape index (κ1) is 17.5. The summed E-state index contributed by atoms with van der Waals surface area (Å²) in [5.74, 6) is 0.359. The molecule has 2 rings (SSSR count). The fourth-order valence-corrected chi connectivity index (χ4v) is 2.06. The molecule has 0 saturated heterocycles. The van der Waals surface area contributed by atoms with Gasteiger partial charge in [-0.25, -0.2) is 0 Å². The zero-order valence-corrected chi connectivity index (χ0v) is 14.0. The predicted octanol–water partition coefficient (Wildman–Crippen LogP) is 2.31. The lowest BCUT2D eigenvalue weighted by molar-refractivity contribution is -0.116. The zero-order chi connectivity index (χ0) is 17.4. The second kappa shape index (κ2) is 8.69. The summed E-state index contributed by atoms with van der Waals surface area (Å²) in [7, 11) is 1.40. The van der Waals surface area contributed by atoms with E-state index in [9.17, 15) is 4.79 Å². The lowest BCUT2D eigenvalue weighted by atomic mass is 10.1. The lowest BCUT2D eigenvalue weighted by Crippen LogP contribution is -2.43. The van der Waals surface area contributed by atoms with Gasteiger partial charge in [-0.1, -0.05) is 47.6 Å². The SMILES string of the molecule is CON=C(C(=O)NNCOc1cc(C)ccc1C)c1ccccc1. The minimum Gasteiger partial charge on any atom is -0.476 e. The summed E-state index contributed by atoms with van der Waals surface area (Å²) in [6.07, 6.45) is 0. The molecule has 0 saturated carbocycles. The smallest absolute Gasteiger partial charge is 0.288 e. The number of amides is 1. The topological polar surface area (TPSA) is 72.0 Å². The molecule has 2 N–H and O–H groups in total. The van der Waals surface area contributed by atoms with E-state index in [0.29, 0.717) is 5.56 Å². The number of nitrogens with one attached hydrogen (secondary N) is 2. The van der Waals surface area contributed by atoms with Crippen LogP contribution in [0, 0.1) is 13.8 Å². The highest BCUT2D eigenvalue weighted by Crippen LogP contribution is 2.18. The second-order valence-corrected chi connectivity index (χ2v) is 5.18. The van der Waals surface area contributed by atoms with Crippen LogP contribution in [0.3, 0.4) is 0 Å². The Morgan fingerprint density at radius 1 is 1.12 bits per heavy atom. The number of hydrogen-bond acceptors (Lipinski definition) is 5. The molecule has 0 aliphatic carbocycles. The third-order valence-corrected chi connectivity index (χ3v) is 3.29. The molecule has 0 bridgehead atoms. The van der Waals surface area contributed by atoms with Crippen LogP contribution in [0.4, 0.5) is 0 Å². The molecular formula is C18H21N3O3. The second-order valence-electron chi connectivity index (χ2n) is 5.18. The van der Waals surface area contributed by atoms with Crippen LogP contribution in [-0.2, 0) is 9.63 Å². The average molecular weight is 327 g/mol. The molecule has 6 nitrogen and oxygen atoms in total. The number of nitrogens with zero attached hydrogens (tertiary/aromatic N) is 1. The molecule has 2 aromatic carbocycles. The Balaban J connectivity index is 1.90. The molecule has 6 heteroatoms. The monoisotopic (exact) mass is 327 g/mol. The van der Waals surface area contributed by atoms with Gasteiger partial charge in [-0.3, -0.25) is 10.2 Å². The van der Waals surface area contributed by atoms with Gasteiger partial charge in [0.05, 0.1) is 0 Å². The van der Waals surface area contributed by atoms with E-state index in [0.717, 1.165) is 16.9 Å². The van der Waals surface area contributed by atoms with Crippen molar-refractivity contribution in [3.05, 3.63) is 65.2 Å². The molecule has 0 fully saturated rings. The summed E-state index contributed by atoms with van der Waals surface area (Å²) in [4.78, 5) is 17.0. The molecule has 0 unspecified atom stereocenters. The van der Waals surface area contributed by atoms with Crippen molar-refractivity contribution in [2.24, 2.45) is 5.16 Å². The first-order valence-corrected chi connectivity index (χ1v) is 7.51. The van der Waals surface area contributed by atoms with Crippen LogP contribution < -0.4 is 15.6 Å². The molecule has 24 heavy (non-hydrogen) atoms. The van der Waals surface area contributed by atoms with Gasteiger partial charge >= 0.3 is 0 Å². The van der Waals surface area contributed by atoms with E-state index < -0.39 is 5.91 Å². The Morgan fingerprint density at radius 3 is 2.58 bits per heavy atom. The summed E-state index contributed by atoms with van der Waals surface area (Å²) < 4.78 is 5.62. The molecule has 126 valence electrons. The van der Waals surface area contributed by atoms with Crippen molar-refractivity contribution in [1.29, 1.82) is 0 Å². The number of carbonyl (C=O) groups is 1. The largest absolute Gasteiger partial charge is 0.476 e. The standard InChI is InChI=1S/C18H21N3O3/c1-13-9-10-14(2)16(11-13)24-12-19-20-18(22)17(21-23-3)15-7-5-4-6-8-15/h4-11,19H,12H2,1-3H3,(H,20,22).